The maximum atomic E-state index is 11.8. The zero-order chi connectivity index (χ0) is 13.5. The average Bonchev–Trinajstić information content (AvgIpc) is 3.00. The molecule has 2 N–H and O–H groups in total. The molecular weight excluding hydrogens is 240 g/mol. The number of aliphatic hydroxyl groups is 1. The molecule has 3 rings (SSSR count). The Balaban J connectivity index is 1.84. The van der Waals surface area contributed by atoms with Crippen LogP contribution in [-0.2, 0) is 17.8 Å². The lowest BCUT2D eigenvalue weighted by atomic mass is 9.69. The SMILES string of the molecule is O=C(O)C1(Cc2ccc(CO)cc2)CC2CCC1C2. The molecule has 1 aromatic carbocycles. The highest BCUT2D eigenvalue weighted by Crippen LogP contribution is 2.57. The summed E-state index contributed by atoms with van der Waals surface area (Å²) in [5, 5.41) is 18.8. The van der Waals surface area contributed by atoms with Gasteiger partial charge in [-0.05, 0) is 48.6 Å². The van der Waals surface area contributed by atoms with Crippen molar-refractivity contribution >= 4 is 5.97 Å². The standard InChI is InChI=1S/C16H20O3/c17-10-12-3-1-11(2-4-12)8-16(15(18)19)9-13-5-6-14(16)7-13/h1-4,13-14,17H,5-10H2,(H,18,19). The number of carboxylic acid groups (broad SMARTS) is 1. The number of hydrogen-bond donors (Lipinski definition) is 2. The topological polar surface area (TPSA) is 57.5 Å². The molecule has 2 saturated carbocycles. The molecule has 2 fully saturated rings. The van der Waals surface area contributed by atoms with Gasteiger partial charge in [0.1, 0.15) is 0 Å². The minimum Gasteiger partial charge on any atom is -0.481 e. The van der Waals surface area contributed by atoms with Crippen molar-refractivity contribution in [3.8, 4) is 0 Å². The smallest absolute Gasteiger partial charge is 0.310 e. The van der Waals surface area contributed by atoms with Crippen LogP contribution in [0.5, 0.6) is 0 Å². The Morgan fingerprint density at radius 1 is 1.21 bits per heavy atom. The van der Waals surface area contributed by atoms with E-state index in [4.69, 9.17) is 5.11 Å². The molecule has 0 radical (unpaired) electrons. The summed E-state index contributed by atoms with van der Waals surface area (Å²) < 4.78 is 0. The fourth-order valence-corrected chi connectivity index (χ4v) is 4.12. The molecule has 0 spiro atoms. The van der Waals surface area contributed by atoms with Crippen molar-refractivity contribution in [3.05, 3.63) is 35.4 Å². The van der Waals surface area contributed by atoms with Gasteiger partial charge in [-0.1, -0.05) is 30.7 Å². The molecule has 2 aliphatic carbocycles. The van der Waals surface area contributed by atoms with E-state index in [1.165, 1.54) is 6.42 Å². The van der Waals surface area contributed by atoms with Gasteiger partial charge in [0.25, 0.3) is 0 Å². The second-order valence-corrected chi connectivity index (χ2v) is 6.19. The van der Waals surface area contributed by atoms with Gasteiger partial charge >= 0.3 is 5.97 Å². The third-order valence-corrected chi connectivity index (χ3v) is 5.13. The number of carboxylic acids is 1. The molecule has 0 heterocycles. The second-order valence-electron chi connectivity index (χ2n) is 6.19. The van der Waals surface area contributed by atoms with Gasteiger partial charge < -0.3 is 10.2 Å². The van der Waals surface area contributed by atoms with E-state index >= 15 is 0 Å². The number of aliphatic carboxylic acids is 1. The quantitative estimate of drug-likeness (QED) is 0.875. The van der Waals surface area contributed by atoms with Crippen LogP contribution in [0.4, 0.5) is 0 Å². The molecule has 3 unspecified atom stereocenters. The van der Waals surface area contributed by atoms with Gasteiger partial charge in [-0.2, -0.15) is 0 Å². The Labute approximate surface area is 113 Å². The number of carbonyl (C=O) groups is 1. The summed E-state index contributed by atoms with van der Waals surface area (Å²) in [6, 6.07) is 7.70. The van der Waals surface area contributed by atoms with E-state index in [0.717, 1.165) is 30.4 Å². The highest BCUT2D eigenvalue weighted by atomic mass is 16.4. The minimum absolute atomic E-state index is 0.0368. The number of aliphatic hydroxyl groups excluding tert-OH is 1. The minimum atomic E-state index is -0.620. The molecule has 3 atom stereocenters. The van der Waals surface area contributed by atoms with Crippen LogP contribution in [-0.4, -0.2) is 16.2 Å². The van der Waals surface area contributed by atoms with Crippen LogP contribution in [0.2, 0.25) is 0 Å². The van der Waals surface area contributed by atoms with Gasteiger partial charge in [0.2, 0.25) is 0 Å². The Morgan fingerprint density at radius 2 is 1.89 bits per heavy atom. The number of rotatable bonds is 4. The Kier molecular flexibility index (Phi) is 3.09. The first kappa shape index (κ1) is 12.7. The largest absolute Gasteiger partial charge is 0.481 e. The van der Waals surface area contributed by atoms with E-state index in [1.54, 1.807) is 0 Å². The average molecular weight is 260 g/mol. The Hall–Kier alpha value is -1.35. The molecule has 2 aliphatic rings. The van der Waals surface area contributed by atoms with Crippen molar-refractivity contribution in [1.29, 1.82) is 0 Å². The van der Waals surface area contributed by atoms with Crippen LogP contribution in [0, 0.1) is 17.3 Å². The van der Waals surface area contributed by atoms with Gasteiger partial charge in [0, 0.05) is 0 Å². The maximum absolute atomic E-state index is 11.8. The molecule has 0 saturated heterocycles. The number of benzene rings is 1. The third-order valence-electron chi connectivity index (χ3n) is 5.13. The van der Waals surface area contributed by atoms with E-state index in [-0.39, 0.29) is 6.61 Å². The van der Waals surface area contributed by atoms with Gasteiger partial charge in [-0.3, -0.25) is 4.79 Å². The summed E-state index contributed by atoms with van der Waals surface area (Å²) in [5.41, 5.74) is 1.41. The molecule has 19 heavy (non-hydrogen) atoms. The lowest BCUT2D eigenvalue weighted by Crippen LogP contribution is -2.38. The fourth-order valence-electron chi connectivity index (χ4n) is 4.12. The molecule has 0 amide bonds. The highest BCUT2D eigenvalue weighted by molar-refractivity contribution is 5.76. The van der Waals surface area contributed by atoms with Crippen LogP contribution in [0.1, 0.15) is 36.8 Å². The molecular formula is C16H20O3. The summed E-state index contributed by atoms with van der Waals surface area (Å²) in [4.78, 5) is 11.8. The van der Waals surface area contributed by atoms with E-state index in [0.29, 0.717) is 18.3 Å². The summed E-state index contributed by atoms with van der Waals surface area (Å²) in [7, 11) is 0. The molecule has 0 aromatic heterocycles. The lowest BCUT2D eigenvalue weighted by Gasteiger charge is -2.33. The lowest BCUT2D eigenvalue weighted by molar-refractivity contribution is -0.152. The normalized spacial score (nSPS) is 32.7. The summed E-state index contributed by atoms with van der Waals surface area (Å²) in [6.07, 6.45) is 4.86. The van der Waals surface area contributed by atoms with Crippen molar-refractivity contribution in [2.45, 2.75) is 38.7 Å². The van der Waals surface area contributed by atoms with Gasteiger partial charge in [-0.25, -0.2) is 0 Å². The van der Waals surface area contributed by atoms with Crippen molar-refractivity contribution in [1.82, 2.24) is 0 Å². The van der Waals surface area contributed by atoms with Crippen molar-refractivity contribution in [2.24, 2.45) is 17.3 Å². The molecule has 3 nitrogen and oxygen atoms in total. The first-order chi connectivity index (χ1) is 9.14. The third kappa shape index (κ3) is 2.06. The van der Waals surface area contributed by atoms with Crippen molar-refractivity contribution < 1.29 is 15.0 Å². The maximum Gasteiger partial charge on any atom is 0.310 e. The Morgan fingerprint density at radius 3 is 2.37 bits per heavy atom. The van der Waals surface area contributed by atoms with E-state index in [1.807, 2.05) is 24.3 Å². The van der Waals surface area contributed by atoms with Crippen LogP contribution >= 0.6 is 0 Å². The highest BCUT2D eigenvalue weighted by Gasteiger charge is 2.55. The van der Waals surface area contributed by atoms with Crippen LogP contribution in [0.25, 0.3) is 0 Å². The monoisotopic (exact) mass is 260 g/mol. The van der Waals surface area contributed by atoms with Crippen LogP contribution in [0.3, 0.4) is 0 Å². The van der Waals surface area contributed by atoms with E-state index in [2.05, 4.69) is 0 Å². The van der Waals surface area contributed by atoms with Crippen molar-refractivity contribution in [2.75, 3.05) is 0 Å². The van der Waals surface area contributed by atoms with Crippen LogP contribution in [0.15, 0.2) is 24.3 Å². The Bertz CT molecular complexity index is 479. The van der Waals surface area contributed by atoms with Gasteiger partial charge in [0.05, 0.1) is 12.0 Å². The fraction of sp³-hybridized carbons (Fsp3) is 0.562. The predicted molar refractivity (Wildman–Crippen MR) is 71.6 cm³/mol. The number of hydrogen-bond acceptors (Lipinski definition) is 2. The molecule has 1 aromatic rings. The van der Waals surface area contributed by atoms with E-state index in [9.17, 15) is 9.90 Å². The second kappa shape index (κ2) is 4.64. The molecule has 3 heteroatoms. The first-order valence-corrected chi connectivity index (χ1v) is 7.06. The summed E-state index contributed by atoms with van der Waals surface area (Å²) in [6.45, 7) is 0.0368. The van der Waals surface area contributed by atoms with Gasteiger partial charge in [-0.15, -0.1) is 0 Å². The van der Waals surface area contributed by atoms with Crippen molar-refractivity contribution in [3.63, 3.8) is 0 Å². The van der Waals surface area contributed by atoms with E-state index < -0.39 is 11.4 Å². The first-order valence-electron chi connectivity index (χ1n) is 7.06. The summed E-state index contributed by atoms with van der Waals surface area (Å²) in [5.74, 6) is 0.358. The van der Waals surface area contributed by atoms with Gasteiger partial charge in [0.15, 0.2) is 0 Å². The molecule has 102 valence electrons. The zero-order valence-electron chi connectivity index (χ0n) is 11.0. The zero-order valence-corrected chi connectivity index (χ0v) is 11.0. The summed E-state index contributed by atoms with van der Waals surface area (Å²) >= 11 is 0. The number of fused-ring (bicyclic) bond motifs is 2. The van der Waals surface area contributed by atoms with Crippen LogP contribution < -0.4 is 0 Å². The predicted octanol–water partition coefficient (Wildman–Crippen LogP) is 2.61. The molecule has 2 bridgehead atoms. The molecule has 0 aliphatic heterocycles.